The summed E-state index contributed by atoms with van der Waals surface area (Å²) in [6.07, 6.45) is 18.9. The first-order valence-corrected chi connectivity index (χ1v) is 6.83. The molecule has 0 aromatic rings. The quantitative estimate of drug-likeness (QED) is 0.604. The lowest BCUT2D eigenvalue weighted by Gasteiger charge is -2.24. The Kier molecular flexibility index (Phi) is 6.47. The van der Waals surface area contributed by atoms with Crippen molar-refractivity contribution in [1.29, 1.82) is 0 Å². The van der Waals surface area contributed by atoms with Crippen molar-refractivity contribution in [3.8, 4) is 0 Å². The molecule has 1 N–H and O–H groups in total. The molecule has 1 rings (SSSR count). The molecule has 0 aromatic carbocycles. The molecule has 1 aliphatic carbocycles. The van der Waals surface area contributed by atoms with Crippen LogP contribution in [-0.4, -0.2) is 10.7 Å². The van der Waals surface area contributed by atoms with Crippen molar-refractivity contribution in [2.75, 3.05) is 0 Å². The summed E-state index contributed by atoms with van der Waals surface area (Å²) in [5.41, 5.74) is -0.543. The number of allylic oxidation sites excluding steroid dienone is 2. The topological polar surface area (TPSA) is 20.2 Å². The van der Waals surface area contributed by atoms with Crippen LogP contribution >= 0.6 is 0 Å². The van der Waals surface area contributed by atoms with Gasteiger partial charge in [0.05, 0.1) is 5.60 Å². The van der Waals surface area contributed by atoms with E-state index in [-0.39, 0.29) is 0 Å². The highest BCUT2D eigenvalue weighted by Gasteiger charge is 2.22. The van der Waals surface area contributed by atoms with E-state index in [4.69, 9.17) is 0 Å². The summed E-state index contributed by atoms with van der Waals surface area (Å²) in [6.45, 7) is 2.25. The van der Waals surface area contributed by atoms with E-state index in [1.54, 1.807) is 0 Å². The highest BCUT2D eigenvalue weighted by atomic mass is 16.3. The van der Waals surface area contributed by atoms with E-state index in [1.165, 1.54) is 38.5 Å². The summed E-state index contributed by atoms with van der Waals surface area (Å²) in [5.74, 6) is 0. The molecule has 1 aliphatic rings. The Balaban J connectivity index is 1.98. The Morgan fingerprint density at radius 2 is 1.69 bits per heavy atom. The van der Waals surface area contributed by atoms with Crippen LogP contribution in [-0.2, 0) is 0 Å². The van der Waals surface area contributed by atoms with Crippen molar-refractivity contribution in [2.24, 2.45) is 0 Å². The van der Waals surface area contributed by atoms with Gasteiger partial charge in [0.1, 0.15) is 0 Å². The van der Waals surface area contributed by atoms with Crippen molar-refractivity contribution in [2.45, 2.75) is 70.3 Å². The predicted molar refractivity (Wildman–Crippen MR) is 70.5 cm³/mol. The van der Waals surface area contributed by atoms with Crippen LogP contribution in [0, 0.1) is 0 Å². The third-order valence-electron chi connectivity index (χ3n) is 3.34. The van der Waals surface area contributed by atoms with Gasteiger partial charge in [-0.15, -0.1) is 0 Å². The monoisotopic (exact) mass is 222 g/mol. The van der Waals surface area contributed by atoms with Gasteiger partial charge in [-0.1, -0.05) is 76.2 Å². The summed E-state index contributed by atoms with van der Waals surface area (Å²) in [5, 5.41) is 10.2. The fourth-order valence-electron chi connectivity index (χ4n) is 2.23. The van der Waals surface area contributed by atoms with Gasteiger partial charge in [0.25, 0.3) is 0 Å². The zero-order chi connectivity index (χ0) is 11.7. The Morgan fingerprint density at radius 3 is 2.31 bits per heavy atom. The van der Waals surface area contributed by atoms with Crippen LogP contribution in [0.15, 0.2) is 24.3 Å². The van der Waals surface area contributed by atoms with E-state index in [0.717, 1.165) is 19.3 Å². The van der Waals surface area contributed by atoms with E-state index in [0.29, 0.717) is 0 Å². The zero-order valence-electron chi connectivity index (χ0n) is 10.6. The minimum atomic E-state index is -0.543. The van der Waals surface area contributed by atoms with Crippen molar-refractivity contribution in [3.05, 3.63) is 24.3 Å². The Labute approximate surface area is 100 Å². The van der Waals surface area contributed by atoms with Crippen LogP contribution < -0.4 is 0 Å². The Hall–Kier alpha value is -0.560. The molecule has 0 spiro atoms. The van der Waals surface area contributed by atoms with E-state index >= 15 is 0 Å². The summed E-state index contributed by atoms with van der Waals surface area (Å²) in [4.78, 5) is 0. The highest BCUT2D eigenvalue weighted by molar-refractivity contribution is 5.17. The second kappa shape index (κ2) is 7.67. The first-order chi connectivity index (χ1) is 7.77. The number of aliphatic hydroxyl groups is 1. The minimum absolute atomic E-state index is 0.543. The van der Waals surface area contributed by atoms with Gasteiger partial charge >= 0.3 is 0 Å². The van der Waals surface area contributed by atoms with Crippen molar-refractivity contribution < 1.29 is 5.11 Å². The molecule has 0 bridgehead atoms. The molecular formula is C15H26O. The second-order valence-electron chi connectivity index (χ2n) is 4.97. The molecular weight excluding hydrogens is 196 g/mol. The van der Waals surface area contributed by atoms with Crippen molar-refractivity contribution >= 4 is 0 Å². The van der Waals surface area contributed by atoms with Crippen molar-refractivity contribution in [3.63, 3.8) is 0 Å². The molecule has 1 heteroatoms. The summed E-state index contributed by atoms with van der Waals surface area (Å²) in [6, 6.07) is 0. The Bertz CT molecular complexity index is 230. The van der Waals surface area contributed by atoms with Gasteiger partial charge in [-0.05, 0) is 12.8 Å². The third kappa shape index (κ3) is 5.50. The number of hydrogen-bond donors (Lipinski definition) is 1. The van der Waals surface area contributed by atoms with Gasteiger partial charge in [-0.25, -0.2) is 0 Å². The predicted octanol–water partition coefficient (Wildman–Crippen LogP) is 4.37. The van der Waals surface area contributed by atoms with Gasteiger partial charge in [0.15, 0.2) is 0 Å². The maximum atomic E-state index is 10.2. The molecule has 92 valence electrons. The smallest absolute Gasteiger partial charge is 0.0865 e. The molecule has 0 heterocycles. The number of unbranched alkanes of at least 4 members (excludes halogenated alkanes) is 6. The normalized spacial score (nSPS) is 23.9. The standard InChI is InChI=1S/C15H26O/c1-2-3-4-5-6-7-9-12-15(16)13-10-8-11-14-15/h8,10-11,13,16H,2-7,9,12,14H2,1H3. The fraction of sp³-hybridized carbons (Fsp3) is 0.733. The molecule has 1 unspecified atom stereocenters. The maximum absolute atomic E-state index is 10.2. The van der Waals surface area contributed by atoms with Gasteiger partial charge in [0, 0.05) is 0 Å². The molecule has 0 amide bonds. The van der Waals surface area contributed by atoms with Crippen molar-refractivity contribution in [1.82, 2.24) is 0 Å². The first kappa shape index (κ1) is 13.5. The lowest BCUT2D eigenvalue weighted by molar-refractivity contribution is 0.0803. The maximum Gasteiger partial charge on any atom is 0.0865 e. The van der Waals surface area contributed by atoms with E-state index in [9.17, 15) is 5.11 Å². The largest absolute Gasteiger partial charge is 0.385 e. The average molecular weight is 222 g/mol. The summed E-state index contributed by atoms with van der Waals surface area (Å²) in [7, 11) is 0. The first-order valence-electron chi connectivity index (χ1n) is 6.83. The summed E-state index contributed by atoms with van der Waals surface area (Å²) < 4.78 is 0. The van der Waals surface area contributed by atoms with Crippen LogP contribution in [0.4, 0.5) is 0 Å². The SMILES string of the molecule is CCCCCCCCCC1(O)C=CC=CC1. The number of rotatable bonds is 8. The molecule has 0 aliphatic heterocycles. The molecule has 1 atom stereocenters. The lowest BCUT2D eigenvalue weighted by Crippen LogP contribution is -2.25. The van der Waals surface area contributed by atoms with E-state index in [1.807, 2.05) is 18.2 Å². The van der Waals surface area contributed by atoms with Gasteiger partial charge < -0.3 is 5.11 Å². The van der Waals surface area contributed by atoms with Crippen LogP contribution in [0.2, 0.25) is 0 Å². The molecule has 0 radical (unpaired) electrons. The zero-order valence-corrected chi connectivity index (χ0v) is 10.6. The highest BCUT2D eigenvalue weighted by Crippen LogP contribution is 2.24. The van der Waals surface area contributed by atoms with E-state index in [2.05, 4.69) is 13.0 Å². The van der Waals surface area contributed by atoms with Crippen LogP contribution in [0.5, 0.6) is 0 Å². The molecule has 0 aromatic heterocycles. The average Bonchev–Trinajstić information content (AvgIpc) is 2.29. The molecule has 0 saturated heterocycles. The van der Waals surface area contributed by atoms with Crippen LogP contribution in [0.3, 0.4) is 0 Å². The molecule has 16 heavy (non-hydrogen) atoms. The molecule has 1 nitrogen and oxygen atoms in total. The summed E-state index contributed by atoms with van der Waals surface area (Å²) >= 11 is 0. The second-order valence-corrected chi connectivity index (χ2v) is 4.97. The fourth-order valence-corrected chi connectivity index (χ4v) is 2.23. The van der Waals surface area contributed by atoms with Crippen LogP contribution in [0.1, 0.15) is 64.7 Å². The molecule has 0 saturated carbocycles. The minimum Gasteiger partial charge on any atom is -0.385 e. The Morgan fingerprint density at radius 1 is 1.00 bits per heavy atom. The lowest BCUT2D eigenvalue weighted by atomic mass is 9.89. The molecule has 0 fully saturated rings. The van der Waals surface area contributed by atoms with Crippen LogP contribution in [0.25, 0.3) is 0 Å². The number of hydrogen-bond acceptors (Lipinski definition) is 1. The van der Waals surface area contributed by atoms with Gasteiger partial charge in [0.2, 0.25) is 0 Å². The third-order valence-corrected chi connectivity index (χ3v) is 3.34. The van der Waals surface area contributed by atoms with E-state index < -0.39 is 5.60 Å². The van der Waals surface area contributed by atoms with Gasteiger partial charge in [-0.3, -0.25) is 0 Å². The van der Waals surface area contributed by atoms with Gasteiger partial charge in [-0.2, -0.15) is 0 Å².